The van der Waals surface area contributed by atoms with Crippen molar-refractivity contribution in [3.05, 3.63) is 24.4 Å². The molecular weight excluding hydrogens is 347 g/mol. The quantitative estimate of drug-likeness (QED) is 0.491. The number of pyridine rings is 1. The molecule has 1 saturated heterocycles. The van der Waals surface area contributed by atoms with Gasteiger partial charge in [0.05, 0.1) is 6.54 Å². The van der Waals surface area contributed by atoms with Crippen molar-refractivity contribution in [1.82, 2.24) is 4.98 Å². The number of hydrogen-bond acceptors (Lipinski definition) is 3. The first-order chi connectivity index (χ1) is 7.84. The summed E-state index contributed by atoms with van der Waals surface area (Å²) in [5.41, 5.74) is 5.77. The Kier molecular flexibility index (Phi) is 6.64. The summed E-state index contributed by atoms with van der Waals surface area (Å²) >= 11 is 1.98. The average molecular weight is 364 g/mol. The van der Waals surface area contributed by atoms with Gasteiger partial charge in [-0.05, 0) is 30.7 Å². The van der Waals surface area contributed by atoms with E-state index in [2.05, 4.69) is 15.3 Å². The summed E-state index contributed by atoms with van der Waals surface area (Å²) in [4.78, 5) is 8.45. The molecule has 2 heterocycles. The second kappa shape index (κ2) is 7.75. The highest BCUT2D eigenvalue weighted by Crippen LogP contribution is 2.25. The van der Waals surface area contributed by atoms with Gasteiger partial charge in [-0.1, -0.05) is 6.07 Å². The standard InChI is InChI=1S/C11H16N4S.HI/c12-11(14-8-9-4-3-7-16-9)15-10-5-1-2-6-13-10;/h1-2,5-6,9H,3-4,7-8H2,(H3,12,13,14,15);1H. The minimum Gasteiger partial charge on any atom is -0.370 e. The normalized spacial score (nSPS) is 19.8. The maximum Gasteiger partial charge on any atom is 0.194 e. The topological polar surface area (TPSA) is 63.3 Å². The lowest BCUT2D eigenvalue weighted by Crippen LogP contribution is -2.24. The Hall–Kier alpha value is -0.500. The highest BCUT2D eigenvalue weighted by Gasteiger charge is 2.14. The molecular formula is C11H17IN4S. The van der Waals surface area contributed by atoms with Crippen LogP contribution < -0.4 is 11.1 Å². The molecule has 1 unspecified atom stereocenters. The first-order valence-electron chi connectivity index (χ1n) is 5.44. The lowest BCUT2D eigenvalue weighted by Gasteiger charge is -2.06. The van der Waals surface area contributed by atoms with Gasteiger partial charge >= 0.3 is 0 Å². The van der Waals surface area contributed by atoms with Crippen LogP contribution in [0.1, 0.15) is 12.8 Å². The van der Waals surface area contributed by atoms with Crippen molar-refractivity contribution in [2.75, 3.05) is 17.6 Å². The first kappa shape index (κ1) is 14.6. The van der Waals surface area contributed by atoms with Gasteiger partial charge in [0.1, 0.15) is 5.82 Å². The van der Waals surface area contributed by atoms with Crippen molar-refractivity contribution < 1.29 is 0 Å². The van der Waals surface area contributed by atoms with Gasteiger partial charge in [0, 0.05) is 11.4 Å². The number of aliphatic imine (C=N–C) groups is 1. The number of thioether (sulfide) groups is 1. The van der Waals surface area contributed by atoms with E-state index in [-0.39, 0.29) is 24.0 Å². The predicted molar refractivity (Wildman–Crippen MR) is 85.2 cm³/mol. The summed E-state index contributed by atoms with van der Waals surface area (Å²) in [6.45, 7) is 0.802. The van der Waals surface area contributed by atoms with E-state index >= 15 is 0 Å². The second-order valence-electron chi connectivity index (χ2n) is 3.70. The molecule has 0 saturated carbocycles. The molecule has 0 aliphatic carbocycles. The third-order valence-electron chi connectivity index (χ3n) is 2.41. The molecule has 1 aliphatic heterocycles. The van der Waals surface area contributed by atoms with Gasteiger partial charge in [-0.3, -0.25) is 4.99 Å². The van der Waals surface area contributed by atoms with Gasteiger partial charge < -0.3 is 11.1 Å². The van der Waals surface area contributed by atoms with E-state index in [9.17, 15) is 0 Å². The van der Waals surface area contributed by atoms with E-state index in [0.29, 0.717) is 11.2 Å². The van der Waals surface area contributed by atoms with Crippen molar-refractivity contribution in [2.45, 2.75) is 18.1 Å². The molecule has 1 aromatic rings. The van der Waals surface area contributed by atoms with Crippen molar-refractivity contribution in [1.29, 1.82) is 0 Å². The van der Waals surface area contributed by atoms with Crippen LogP contribution in [0.2, 0.25) is 0 Å². The monoisotopic (exact) mass is 364 g/mol. The maximum atomic E-state index is 5.77. The zero-order valence-electron chi connectivity index (χ0n) is 9.50. The maximum absolute atomic E-state index is 5.77. The molecule has 94 valence electrons. The van der Waals surface area contributed by atoms with Crippen LogP contribution in [0.4, 0.5) is 5.82 Å². The molecule has 1 fully saturated rings. The molecule has 4 nitrogen and oxygen atoms in total. The SMILES string of the molecule is I.NC(=NCC1CCCS1)Nc1ccccn1. The number of nitrogens with zero attached hydrogens (tertiary/aromatic N) is 2. The van der Waals surface area contributed by atoms with Gasteiger partial charge in [0.15, 0.2) is 5.96 Å². The molecule has 6 heteroatoms. The van der Waals surface area contributed by atoms with E-state index in [1.54, 1.807) is 6.20 Å². The Labute approximate surface area is 123 Å². The number of anilines is 1. The molecule has 0 aromatic carbocycles. The summed E-state index contributed by atoms with van der Waals surface area (Å²) < 4.78 is 0. The highest BCUT2D eigenvalue weighted by molar-refractivity contribution is 14.0. The number of guanidine groups is 1. The van der Waals surface area contributed by atoms with Crippen molar-refractivity contribution >= 4 is 47.5 Å². The Bertz CT molecular complexity index is 352. The third kappa shape index (κ3) is 5.12. The summed E-state index contributed by atoms with van der Waals surface area (Å²) in [7, 11) is 0. The number of aromatic nitrogens is 1. The van der Waals surface area contributed by atoms with Crippen molar-refractivity contribution in [2.24, 2.45) is 10.7 Å². The summed E-state index contributed by atoms with van der Waals surface area (Å²) in [5.74, 6) is 2.45. The van der Waals surface area contributed by atoms with Gasteiger partial charge in [0.25, 0.3) is 0 Å². The van der Waals surface area contributed by atoms with Gasteiger partial charge in [0.2, 0.25) is 0 Å². The minimum atomic E-state index is 0. The van der Waals surface area contributed by atoms with Gasteiger partial charge in [-0.15, -0.1) is 24.0 Å². The largest absolute Gasteiger partial charge is 0.370 e. The number of nitrogens with one attached hydrogen (secondary N) is 1. The van der Waals surface area contributed by atoms with Crippen LogP contribution in [-0.2, 0) is 0 Å². The number of halogens is 1. The molecule has 3 N–H and O–H groups in total. The molecule has 1 aromatic heterocycles. The molecule has 1 atom stereocenters. The van der Waals surface area contributed by atoms with E-state index < -0.39 is 0 Å². The minimum absolute atomic E-state index is 0. The predicted octanol–water partition coefficient (Wildman–Crippen LogP) is 2.32. The van der Waals surface area contributed by atoms with Crippen LogP contribution in [0, 0.1) is 0 Å². The number of nitrogens with two attached hydrogens (primary N) is 1. The van der Waals surface area contributed by atoms with E-state index in [0.717, 1.165) is 12.4 Å². The Morgan fingerprint density at radius 3 is 3.12 bits per heavy atom. The van der Waals surface area contributed by atoms with Crippen LogP contribution in [-0.4, -0.2) is 28.5 Å². The molecule has 0 radical (unpaired) electrons. The van der Waals surface area contributed by atoms with Crippen LogP contribution >= 0.6 is 35.7 Å². The van der Waals surface area contributed by atoms with Crippen LogP contribution in [0.5, 0.6) is 0 Å². The molecule has 0 amide bonds. The zero-order valence-corrected chi connectivity index (χ0v) is 12.7. The average Bonchev–Trinajstić information content (AvgIpc) is 2.81. The molecule has 17 heavy (non-hydrogen) atoms. The molecule has 0 bridgehead atoms. The van der Waals surface area contributed by atoms with E-state index in [4.69, 9.17) is 5.73 Å². The van der Waals surface area contributed by atoms with Crippen molar-refractivity contribution in [3.8, 4) is 0 Å². The van der Waals surface area contributed by atoms with Crippen LogP contribution in [0.25, 0.3) is 0 Å². The highest BCUT2D eigenvalue weighted by atomic mass is 127. The lowest BCUT2D eigenvalue weighted by atomic mass is 10.2. The zero-order chi connectivity index (χ0) is 11.2. The van der Waals surface area contributed by atoms with Gasteiger partial charge in [-0.2, -0.15) is 11.8 Å². The summed E-state index contributed by atoms with van der Waals surface area (Å²) in [6, 6.07) is 5.65. The van der Waals surface area contributed by atoms with Crippen LogP contribution in [0.3, 0.4) is 0 Å². The van der Waals surface area contributed by atoms with E-state index in [1.165, 1.54) is 18.6 Å². The molecule has 0 spiro atoms. The Balaban J connectivity index is 0.00000144. The van der Waals surface area contributed by atoms with Crippen molar-refractivity contribution in [3.63, 3.8) is 0 Å². The first-order valence-corrected chi connectivity index (χ1v) is 6.49. The number of hydrogen-bond donors (Lipinski definition) is 2. The summed E-state index contributed by atoms with van der Waals surface area (Å²) in [6.07, 6.45) is 4.28. The lowest BCUT2D eigenvalue weighted by molar-refractivity contribution is 0.786. The Morgan fingerprint density at radius 1 is 1.59 bits per heavy atom. The fourth-order valence-electron chi connectivity index (χ4n) is 1.60. The van der Waals surface area contributed by atoms with Gasteiger partial charge in [-0.25, -0.2) is 4.98 Å². The van der Waals surface area contributed by atoms with Crippen LogP contribution in [0.15, 0.2) is 29.4 Å². The van der Waals surface area contributed by atoms with E-state index in [1.807, 2.05) is 30.0 Å². The molecule has 1 aliphatic rings. The second-order valence-corrected chi connectivity index (χ2v) is 5.11. The Morgan fingerprint density at radius 2 is 2.47 bits per heavy atom. The third-order valence-corrected chi connectivity index (χ3v) is 3.79. The smallest absolute Gasteiger partial charge is 0.194 e. The molecule has 2 rings (SSSR count). The summed E-state index contributed by atoms with van der Waals surface area (Å²) in [5, 5.41) is 3.62. The number of rotatable bonds is 3. The fourth-order valence-corrected chi connectivity index (χ4v) is 2.78. The fraction of sp³-hybridized carbons (Fsp3) is 0.455.